The average molecular weight is 639 g/mol. The molecule has 0 saturated heterocycles. The van der Waals surface area contributed by atoms with Crippen LogP contribution >= 0.6 is 0 Å². The fourth-order valence-electron chi connectivity index (χ4n) is 5.93. The van der Waals surface area contributed by atoms with E-state index in [0.29, 0.717) is 13.0 Å². The Hall–Kier alpha value is -1.14. The molecule has 0 saturated carbocycles. The van der Waals surface area contributed by atoms with Crippen molar-refractivity contribution in [2.45, 2.75) is 194 Å². The summed E-state index contributed by atoms with van der Waals surface area (Å²) in [6, 6.07) is 0. The Morgan fingerprint density at radius 3 is 1.42 bits per heavy atom. The zero-order chi connectivity index (χ0) is 33.2. The van der Waals surface area contributed by atoms with Crippen LogP contribution in [0, 0.1) is 5.92 Å². The van der Waals surface area contributed by atoms with E-state index in [-0.39, 0.29) is 17.9 Å². The molecule has 1 atom stereocenters. The van der Waals surface area contributed by atoms with Crippen molar-refractivity contribution in [2.24, 2.45) is 5.92 Å². The van der Waals surface area contributed by atoms with E-state index in [1.165, 1.54) is 96.3 Å². The van der Waals surface area contributed by atoms with Crippen LogP contribution in [-0.4, -0.2) is 62.2 Å². The number of unbranched alkanes of at least 4 members (excludes halogenated alkanes) is 19. The molecule has 0 aliphatic carbocycles. The van der Waals surface area contributed by atoms with Crippen LogP contribution in [0.4, 0.5) is 0 Å². The summed E-state index contributed by atoms with van der Waals surface area (Å²) in [4.78, 5) is 33.2. The highest BCUT2D eigenvalue weighted by Gasteiger charge is 2.19. The molecule has 0 radical (unpaired) electrons. The van der Waals surface area contributed by atoms with Gasteiger partial charge >= 0.3 is 11.9 Å². The zero-order valence-corrected chi connectivity index (χ0v) is 31.0. The second-order valence-corrected chi connectivity index (χ2v) is 13.8. The van der Waals surface area contributed by atoms with Gasteiger partial charge in [-0.3, -0.25) is 9.59 Å². The minimum Gasteiger partial charge on any atom is -0.465 e. The first-order valence-corrected chi connectivity index (χ1v) is 19.7. The molecule has 268 valence electrons. The molecule has 6 nitrogen and oxygen atoms in total. The van der Waals surface area contributed by atoms with Crippen LogP contribution in [0.3, 0.4) is 0 Å². The van der Waals surface area contributed by atoms with Crippen LogP contribution in [0.2, 0.25) is 0 Å². The summed E-state index contributed by atoms with van der Waals surface area (Å²) >= 11 is 0. The lowest BCUT2D eigenvalue weighted by Crippen LogP contribution is -2.30. The number of hydrogen-bond acceptors (Lipinski definition) is 6. The van der Waals surface area contributed by atoms with Gasteiger partial charge in [0.1, 0.15) is 0 Å². The summed E-state index contributed by atoms with van der Waals surface area (Å²) in [5.41, 5.74) is 0. The molecule has 0 amide bonds. The van der Waals surface area contributed by atoms with E-state index in [4.69, 9.17) is 9.57 Å². The first-order valence-electron chi connectivity index (χ1n) is 19.7. The molecule has 0 aliphatic rings. The number of carbonyl (C=O) groups is 2. The van der Waals surface area contributed by atoms with Gasteiger partial charge < -0.3 is 14.5 Å². The molecular formula is C39H78N2O4. The molecule has 0 aromatic rings. The van der Waals surface area contributed by atoms with Gasteiger partial charge in [-0.15, -0.1) is 5.06 Å². The quantitative estimate of drug-likeness (QED) is 0.0391. The third-order valence-electron chi connectivity index (χ3n) is 8.92. The molecule has 0 aliphatic heterocycles. The number of esters is 1. The topological polar surface area (TPSA) is 59.1 Å². The number of hydroxylamine groups is 2. The minimum absolute atomic E-state index is 0.0531. The third-order valence-corrected chi connectivity index (χ3v) is 8.92. The van der Waals surface area contributed by atoms with Crippen LogP contribution in [0.1, 0.15) is 194 Å². The van der Waals surface area contributed by atoms with Crippen molar-refractivity contribution >= 4 is 11.9 Å². The van der Waals surface area contributed by atoms with Crippen LogP contribution in [-0.2, 0) is 19.2 Å². The molecule has 0 spiro atoms. The van der Waals surface area contributed by atoms with Gasteiger partial charge in [-0.05, 0) is 59.2 Å². The largest absolute Gasteiger partial charge is 0.465 e. The molecule has 0 N–H and O–H groups in total. The molecule has 0 heterocycles. The molecule has 0 rings (SSSR count). The maximum Gasteiger partial charge on any atom is 0.325 e. The van der Waals surface area contributed by atoms with Gasteiger partial charge in [-0.2, -0.15) is 0 Å². The number of hydrogen-bond donors (Lipinski definition) is 0. The van der Waals surface area contributed by atoms with E-state index in [9.17, 15) is 9.59 Å². The highest BCUT2D eigenvalue weighted by molar-refractivity contribution is 5.72. The van der Waals surface area contributed by atoms with E-state index < -0.39 is 0 Å². The summed E-state index contributed by atoms with van der Waals surface area (Å²) in [6.45, 7) is 9.89. The van der Waals surface area contributed by atoms with E-state index in [1.54, 1.807) is 0 Å². The van der Waals surface area contributed by atoms with E-state index in [2.05, 4.69) is 25.7 Å². The van der Waals surface area contributed by atoms with Crippen molar-refractivity contribution < 1.29 is 19.2 Å². The number of ether oxygens (including phenoxy) is 1. The fraction of sp³-hybridized carbons (Fsp3) is 0.949. The molecule has 1 unspecified atom stereocenters. The summed E-state index contributed by atoms with van der Waals surface area (Å²) in [5, 5.41) is 1.94. The first-order chi connectivity index (χ1) is 21.9. The SMILES string of the molecule is CCCCCCCCCN(CCCCCCCCOC(=O)C(CCCCCC)CCCCCCCC)OC(=O)CCCN(C)C. The number of nitrogens with zero attached hydrogens (tertiary/aromatic N) is 2. The zero-order valence-electron chi connectivity index (χ0n) is 31.0. The van der Waals surface area contributed by atoms with Crippen LogP contribution in [0.15, 0.2) is 0 Å². The molecule has 0 aromatic carbocycles. The predicted octanol–water partition coefficient (Wildman–Crippen LogP) is 11.1. The number of carbonyl (C=O) groups excluding carboxylic acids is 2. The van der Waals surface area contributed by atoms with Crippen LogP contribution < -0.4 is 0 Å². The highest BCUT2D eigenvalue weighted by Crippen LogP contribution is 2.21. The van der Waals surface area contributed by atoms with Gasteiger partial charge in [0.2, 0.25) is 0 Å². The first kappa shape index (κ1) is 43.9. The Bertz CT molecular complexity index is 643. The van der Waals surface area contributed by atoms with Crippen molar-refractivity contribution in [3.05, 3.63) is 0 Å². The Morgan fingerprint density at radius 2 is 0.933 bits per heavy atom. The third kappa shape index (κ3) is 31.2. The molecule has 6 heteroatoms. The van der Waals surface area contributed by atoms with Crippen molar-refractivity contribution in [1.29, 1.82) is 0 Å². The Morgan fingerprint density at radius 1 is 0.511 bits per heavy atom. The lowest BCUT2D eigenvalue weighted by molar-refractivity contribution is -0.191. The molecule has 0 aromatic heterocycles. The van der Waals surface area contributed by atoms with Crippen molar-refractivity contribution in [3.8, 4) is 0 Å². The Balaban J connectivity index is 4.25. The van der Waals surface area contributed by atoms with Gasteiger partial charge in [0.05, 0.1) is 12.5 Å². The maximum absolute atomic E-state index is 12.9. The fourth-order valence-corrected chi connectivity index (χ4v) is 5.93. The Kier molecular flexibility index (Phi) is 33.3. The minimum atomic E-state index is -0.0930. The number of rotatable bonds is 35. The van der Waals surface area contributed by atoms with Gasteiger partial charge in [0.15, 0.2) is 0 Å². The molecule has 0 fully saturated rings. The Labute approximate surface area is 281 Å². The van der Waals surface area contributed by atoms with Crippen molar-refractivity contribution in [2.75, 3.05) is 40.3 Å². The van der Waals surface area contributed by atoms with E-state index >= 15 is 0 Å². The van der Waals surface area contributed by atoms with Gasteiger partial charge in [0, 0.05) is 19.5 Å². The lowest BCUT2D eigenvalue weighted by Gasteiger charge is -2.21. The van der Waals surface area contributed by atoms with Crippen LogP contribution in [0.5, 0.6) is 0 Å². The summed E-state index contributed by atoms with van der Waals surface area (Å²) in [5.74, 6) is 0.0565. The smallest absolute Gasteiger partial charge is 0.325 e. The standard InChI is InChI=1S/C39H78N2O4/c1-6-9-12-15-17-21-26-34-41(45-38(42)32-29-33-40(4)5)35-27-22-18-19-23-28-36-44-39(43)37(30-24-14-11-8-3)31-25-20-16-13-10-7-2/h37H,6-36H2,1-5H3. The normalized spacial score (nSPS) is 12.2. The predicted molar refractivity (Wildman–Crippen MR) is 192 cm³/mol. The van der Waals surface area contributed by atoms with Crippen molar-refractivity contribution in [1.82, 2.24) is 9.96 Å². The molecule has 45 heavy (non-hydrogen) atoms. The van der Waals surface area contributed by atoms with Crippen LogP contribution in [0.25, 0.3) is 0 Å². The second-order valence-electron chi connectivity index (χ2n) is 13.8. The maximum atomic E-state index is 12.9. The molecule has 0 bridgehead atoms. The van der Waals surface area contributed by atoms with E-state index in [0.717, 1.165) is 90.3 Å². The van der Waals surface area contributed by atoms with Gasteiger partial charge in [-0.1, -0.05) is 149 Å². The average Bonchev–Trinajstić information content (AvgIpc) is 3.01. The molecular weight excluding hydrogens is 560 g/mol. The summed E-state index contributed by atoms with van der Waals surface area (Å²) in [6.07, 6.45) is 31.2. The summed E-state index contributed by atoms with van der Waals surface area (Å²) < 4.78 is 5.77. The van der Waals surface area contributed by atoms with E-state index in [1.807, 2.05) is 19.2 Å². The monoisotopic (exact) mass is 639 g/mol. The van der Waals surface area contributed by atoms with Gasteiger partial charge in [0.25, 0.3) is 0 Å². The summed E-state index contributed by atoms with van der Waals surface area (Å²) in [7, 11) is 4.07. The second kappa shape index (κ2) is 34.2. The lowest BCUT2D eigenvalue weighted by atomic mass is 9.94. The van der Waals surface area contributed by atoms with Crippen molar-refractivity contribution in [3.63, 3.8) is 0 Å². The highest BCUT2D eigenvalue weighted by atomic mass is 16.7. The van der Waals surface area contributed by atoms with Gasteiger partial charge in [-0.25, -0.2) is 0 Å².